The van der Waals surface area contributed by atoms with Gasteiger partial charge in [-0.3, -0.25) is 4.79 Å². The Morgan fingerprint density at radius 3 is 2.91 bits per heavy atom. The van der Waals surface area contributed by atoms with Gasteiger partial charge in [-0.15, -0.1) is 11.3 Å². The molecule has 4 aromatic heterocycles. The SMILES string of the molecule is COc1cn2nccc2cc1Nc1ncnc2sc3c(c12)CC[C@H](C(=O)N1CCN(C)CC1)C3. The van der Waals surface area contributed by atoms with E-state index in [0.29, 0.717) is 11.7 Å². The zero-order valence-electron chi connectivity index (χ0n) is 19.3. The summed E-state index contributed by atoms with van der Waals surface area (Å²) in [4.78, 5) is 28.9. The van der Waals surface area contributed by atoms with E-state index in [2.05, 4.69) is 37.2 Å². The lowest BCUT2D eigenvalue weighted by atomic mass is 9.86. The number of thiophene rings is 1. The molecule has 6 rings (SSSR count). The zero-order chi connectivity index (χ0) is 23.2. The second kappa shape index (κ2) is 8.52. The number of carbonyl (C=O) groups is 1. The molecule has 0 bridgehead atoms. The van der Waals surface area contributed by atoms with E-state index < -0.39 is 0 Å². The maximum absolute atomic E-state index is 13.2. The summed E-state index contributed by atoms with van der Waals surface area (Å²) in [6.07, 6.45) is 7.73. The number of nitrogens with one attached hydrogen (secondary N) is 1. The third-order valence-electron chi connectivity index (χ3n) is 6.98. The number of carbonyl (C=O) groups excluding carboxylic acids is 1. The van der Waals surface area contributed by atoms with Crippen LogP contribution in [-0.4, -0.2) is 75.6 Å². The molecular formula is C24H27N7O2S. The van der Waals surface area contributed by atoms with Gasteiger partial charge in [-0.1, -0.05) is 0 Å². The number of amides is 1. The molecule has 2 aliphatic rings. The smallest absolute Gasteiger partial charge is 0.226 e. The van der Waals surface area contributed by atoms with Crippen molar-refractivity contribution in [1.29, 1.82) is 0 Å². The Balaban J connectivity index is 1.30. The van der Waals surface area contributed by atoms with Gasteiger partial charge in [-0.05, 0) is 44.0 Å². The number of hydrogen-bond acceptors (Lipinski definition) is 8. The fraction of sp³-hybridized carbons (Fsp3) is 0.417. The Labute approximate surface area is 201 Å². The molecular weight excluding hydrogens is 450 g/mol. The Kier molecular flexibility index (Phi) is 5.34. The number of fused-ring (bicyclic) bond motifs is 4. The first kappa shape index (κ1) is 21.3. The predicted octanol–water partition coefficient (Wildman–Crippen LogP) is 2.97. The predicted molar refractivity (Wildman–Crippen MR) is 132 cm³/mol. The van der Waals surface area contributed by atoms with E-state index in [1.54, 1.807) is 35.5 Å². The van der Waals surface area contributed by atoms with Crippen LogP contribution in [-0.2, 0) is 17.6 Å². The van der Waals surface area contributed by atoms with E-state index in [1.807, 2.05) is 18.3 Å². The number of aryl methyl sites for hydroxylation is 1. The fourth-order valence-electron chi connectivity index (χ4n) is 5.04. The van der Waals surface area contributed by atoms with E-state index in [9.17, 15) is 4.79 Å². The standard InChI is InChI=1S/C24H27N7O2S/c1-29-7-9-30(10-8-29)24(32)15-3-4-17-20(11-15)34-23-21(17)22(25-14-26-23)28-18-12-16-5-6-27-31(16)13-19(18)33-2/h5-6,12-15H,3-4,7-11H2,1-2H3,(H,25,26,28)/t15-/m0/s1. The maximum Gasteiger partial charge on any atom is 0.226 e. The average Bonchev–Trinajstić information content (AvgIpc) is 3.47. The summed E-state index contributed by atoms with van der Waals surface area (Å²) in [6.45, 7) is 3.56. The number of likely N-dealkylation sites (N-methyl/N-ethyl adjacent to an activating group) is 1. The van der Waals surface area contributed by atoms with E-state index >= 15 is 0 Å². The Hall–Kier alpha value is -3.24. The largest absolute Gasteiger partial charge is 0.493 e. The minimum atomic E-state index is 0.0534. The van der Waals surface area contributed by atoms with Gasteiger partial charge in [0.2, 0.25) is 5.91 Å². The highest BCUT2D eigenvalue weighted by molar-refractivity contribution is 7.19. The molecule has 9 nitrogen and oxygen atoms in total. The first-order valence-electron chi connectivity index (χ1n) is 11.6. The summed E-state index contributed by atoms with van der Waals surface area (Å²) < 4.78 is 7.38. The van der Waals surface area contributed by atoms with Crippen LogP contribution < -0.4 is 10.1 Å². The number of rotatable bonds is 4. The molecule has 1 fully saturated rings. The van der Waals surface area contributed by atoms with E-state index in [0.717, 1.165) is 72.7 Å². The van der Waals surface area contributed by atoms with E-state index in [-0.39, 0.29) is 5.92 Å². The summed E-state index contributed by atoms with van der Waals surface area (Å²) in [5.74, 6) is 1.82. The molecule has 4 aromatic rings. The molecule has 0 spiro atoms. The first-order chi connectivity index (χ1) is 16.6. The molecule has 0 radical (unpaired) electrons. The molecule has 1 aliphatic carbocycles. The topological polar surface area (TPSA) is 87.9 Å². The molecule has 0 unspecified atom stereocenters. The number of anilines is 2. The number of hydrogen-bond donors (Lipinski definition) is 1. The van der Waals surface area contributed by atoms with Gasteiger partial charge in [0.25, 0.3) is 0 Å². The molecule has 34 heavy (non-hydrogen) atoms. The van der Waals surface area contributed by atoms with Crippen molar-refractivity contribution in [2.75, 3.05) is 45.7 Å². The van der Waals surface area contributed by atoms with Gasteiger partial charge in [0, 0.05) is 43.2 Å². The Bertz CT molecular complexity index is 1370. The third kappa shape index (κ3) is 3.67. The zero-order valence-corrected chi connectivity index (χ0v) is 20.1. The summed E-state index contributed by atoms with van der Waals surface area (Å²) in [5.41, 5.74) is 3.07. The van der Waals surface area contributed by atoms with Crippen molar-refractivity contribution in [1.82, 2.24) is 29.4 Å². The normalized spacial score (nSPS) is 18.9. The van der Waals surface area contributed by atoms with Gasteiger partial charge in [0.1, 0.15) is 17.0 Å². The van der Waals surface area contributed by atoms with Crippen molar-refractivity contribution in [3.63, 3.8) is 0 Å². The van der Waals surface area contributed by atoms with Crippen molar-refractivity contribution >= 4 is 44.5 Å². The van der Waals surface area contributed by atoms with Gasteiger partial charge < -0.3 is 19.9 Å². The van der Waals surface area contributed by atoms with Crippen molar-refractivity contribution in [2.45, 2.75) is 19.3 Å². The van der Waals surface area contributed by atoms with Crippen LogP contribution in [0.4, 0.5) is 11.5 Å². The molecule has 1 N–H and O–H groups in total. The van der Waals surface area contributed by atoms with Crippen LogP contribution in [0.3, 0.4) is 0 Å². The summed E-state index contributed by atoms with van der Waals surface area (Å²) in [6, 6.07) is 3.95. The fourth-order valence-corrected chi connectivity index (χ4v) is 6.30. The highest BCUT2D eigenvalue weighted by Gasteiger charge is 2.32. The number of nitrogens with zero attached hydrogens (tertiary/aromatic N) is 6. The molecule has 1 amide bonds. The van der Waals surface area contributed by atoms with Gasteiger partial charge in [0.05, 0.1) is 29.9 Å². The van der Waals surface area contributed by atoms with Crippen LogP contribution in [0, 0.1) is 5.92 Å². The van der Waals surface area contributed by atoms with Crippen LogP contribution in [0.5, 0.6) is 5.75 Å². The van der Waals surface area contributed by atoms with Crippen molar-refractivity contribution in [3.8, 4) is 5.75 Å². The first-order valence-corrected chi connectivity index (χ1v) is 12.4. The van der Waals surface area contributed by atoms with Gasteiger partial charge in [0.15, 0.2) is 5.75 Å². The maximum atomic E-state index is 13.2. The van der Waals surface area contributed by atoms with Gasteiger partial charge in [-0.25, -0.2) is 14.5 Å². The lowest BCUT2D eigenvalue weighted by Gasteiger charge is -2.35. The molecule has 1 saturated heterocycles. The lowest BCUT2D eigenvalue weighted by Crippen LogP contribution is -2.49. The second-order valence-corrected chi connectivity index (χ2v) is 10.1. The van der Waals surface area contributed by atoms with E-state index in [4.69, 9.17) is 4.74 Å². The minimum Gasteiger partial charge on any atom is -0.493 e. The number of piperazine rings is 1. The van der Waals surface area contributed by atoms with Crippen molar-refractivity contribution in [3.05, 3.63) is 41.3 Å². The molecule has 176 valence electrons. The molecule has 10 heteroatoms. The van der Waals surface area contributed by atoms with Crippen molar-refractivity contribution < 1.29 is 9.53 Å². The van der Waals surface area contributed by atoms with Gasteiger partial charge in [-0.2, -0.15) is 5.10 Å². The van der Waals surface area contributed by atoms with Crippen LogP contribution in [0.25, 0.3) is 15.7 Å². The second-order valence-electron chi connectivity index (χ2n) is 9.06. The third-order valence-corrected chi connectivity index (χ3v) is 8.14. The number of methoxy groups -OCH3 is 1. The van der Waals surface area contributed by atoms with Crippen LogP contribution in [0.1, 0.15) is 16.9 Å². The lowest BCUT2D eigenvalue weighted by molar-refractivity contribution is -0.137. The quantitative estimate of drug-likeness (QED) is 0.483. The number of aromatic nitrogens is 4. The molecule has 1 atom stereocenters. The molecule has 1 aliphatic heterocycles. The van der Waals surface area contributed by atoms with Crippen LogP contribution in [0.15, 0.2) is 30.9 Å². The van der Waals surface area contributed by atoms with Crippen LogP contribution in [0.2, 0.25) is 0 Å². The number of ether oxygens (including phenoxy) is 1. The van der Waals surface area contributed by atoms with Crippen LogP contribution >= 0.6 is 11.3 Å². The molecule has 0 aromatic carbocycles. The molecule has 0 saturated carbocycles. The summed E-state index contributed by atoms with van der Waals surface area (Å²) in [5, 5.41) is 8.83. The number of pyridine rings is 1. The Morgan fingerprint density at radius 1 is 1.24 bits per heavy atom. The molecule has 5 heterocycles. The highest BCUT2D eigenvalue weighted by atomic mass is 32.1. The van der Waals surface area contributed by atoms with Gasteiger partial charge >= 0.3 is 0 Å². The Morgan fingerprint density at radius 2 is 2.09 bits per heavy atom. The van der Waals surface area contributed by atoms with E-state index in [1.165, 1.54) is 10.4 Å². The minimum absolute atomic E-state index is 0.0534. The van der Waals surface area contributed by atoms with Crippen molar-refractivity contribution in [2.24, 2.45) is 5.92 Å². The monoisotopic (exact) mass is 477 g/mol. The summed E-state index contributed by atoms with van der Waals surface area (Å²) in [7, 11) is 3.76. The summed E-state index contributed by atoms with van der Waals surface area (Å²) >= 11 is 1.69. The average molecular weight is 478 g/mol. The highest BCUT2D eigenvalue weighted by Crippen LogP contribution is 2.41.